The highest BCUT2D eigenvalue weighted by atomic mass is 127. The first-order chi connectivity index (χ1) is 8.20. The van der Waals surface area contributed by atoms with Crippen LogP contribution in [0.2, 0.25) is 0 Å². The van der Waals surface area contributed by atoms with E-state index in [1.165, 1.54) is 8.45 Å². The van der Waals surface area contributed by atoms with Crippen LogP contribution in [0.3, 0.4) is 0 Å². The van der Waals surface area contributed by atoms with Gasteiger partial charge in [-0.3, -0.25) is 0 Å². The first-order valence-corrected chi connectivity index (χ1v) is 7.60. The van der Waals surface area contributed by atoms with Gasteiger partial charge >= 0.3 is 0 Å². The molecule has 0 N–H and O–H groups in total. The number of alkyl halides is 1. The molecular weight excluding hydrogens is 367 g/mol. The summed E-state index contributed by atoms with van der Waals surface area (Å²) in [6, 6.07) is 10.2. The van der Waals surface area contributed by atoms with E-state index in [9.17, 15) is 0 Å². The maximum atomic E-state index is 6.43. The summed E-state index contributed by atoms with van der Waals surface area (Å²) < 4.78 is 6.60. The van der Waals surface area contributed by atoms with Crippen LogP contribution in [-0.4, -0.2) is 7.11 Å². The number of hydrogen-bond acceptors (Lipinski definition) is 2. The van der Waals surface area contributed by atoms with Gasteiger partial charge in [0.15, 0.2) is 0 Å². The van der Waals surface area contributed by atoms with Gasteiger partial charge in [-0.25, -0.2) is 0 Å². The van der Waals surface area contributed by atoms with Crippen molar-refractivity contribution in [2.45, 2.75) is 11.8 Å². The maximum Gasteiger partial charge on any atom is 0.122 e. The lowest BCUT2D eigenvalue weighted by atomic mass is 10.1. The average Bonchev–Trinajstić information content (AvgIpc) is 2.77. The molecule has 0 aliphatic carbocycles. The van der Waals surface area contributed by atoms with Crippen LogP contribution >= 0.6 is 45.5 Å². The van der Waals surface area contributed by atoms with Crippen LogP contribution < -0.4 is 4.74 Å². The van der Waals surface area contributed by atoms with Gasteiger partial charge in [-0.2, -0.15) is 0 Å². The Morgan fingerprint density at radius 1 is 1.41 bits per heavy atom. The first kappa shape index (κ1) is 13.2. The van der Waals surface area contributed by atoms with Crippen molar-refractivity contribution in [1.29, 1.82) is 0 Å². The molecule has 90 valence electrons. The predicted molar refractivity (Wildman–Crippen MR) is 82.3 cm³/mol. The fraction of sp³-hybridized carbons (Fsp3) is 0.231. The minimum absolute atomic E-state index is 0.00562. The molecule has 0 amide bonds. The lowest BCUT2D eigenvalue weighted by Crippen LogP contribution is -1.97. The summed E-state index contributed by atoms with van der Waals surface area (Å²) in [6.45, 7) is 0. The van der Waals surface area contributed by atoms with Crippen LogP contribution in [0, 0.1) is 2.88 Å². The van der Waals surface area contributed by atoms with Gasteiger partial charge in [-0.15, -0.1) is 22.9 Å². The van der Waals surface area contributed by atoms with Crippen molar-refractivity contribution in [2.24, 2.45) is 0 Å². The fourth-order valence-corrected chi connectivity index (χ4v) is 3.46. The van der Waals surface area contributed by atoms with Crippen LogP contribution in [0.5, 0.6) is 5.75 Å². The molecule has 0 saturated heterocycles. The zero-order valence-corrected chi connectivity index (χ0v) is 13.1. The molecule has 1 aromatic carbocycles. The lowest BCUT2D eigenvalue weighted by Gasteiger charge is -2.11. The third kappa shape index (κ3) is 3.36. The van der Waals surface area contributed by atoms with E-state index in [-0.39, 0.29) is 5.38 Å². The Balaban J connectivity index is 2.15. The number of hydrogen-bond donors (Lipinski definition) is 0. The molecule has 1 nitrogen and oxygen atoms in total. The molecule has 4 heteroatoms. The maximum absolute atomic E-state index is 6.43. The van der Waals surface area contributed by atoms with Crippen molar-refractivity contribution in [3.05, 3.63) is 49.7 Å². The Labute approximate surface area is 124 Å². The van der Waals surface area contributed by atoms with Crippen molar-refractivity contribution >= 4 is 45.5 Å². The topological polar surface area (TPSA) is 9.23 Å². The quantitative estimate of drug-likeness (QED) is 0.544. The second-order valence-corrected chi connectivity index (χ2v) is 7.00. The molecular formula is C13H12ClIOS. The SMILES string of the molecule is COc1ccccc1CC(Cl)c1csc(I)c1. The largest absolute Gasteiger partial charge is 0.496 e. The summed E-state index contributed by atoms with van der Waals surface area (Å²) in [7, 11) is 1.69. The lowest BCUT2D eigenvalue weighted by molar-refractivity contribution is 0.409. The van der Waals surface area contributed by atoms with Crippen LogP contribution in [0.15, 0.2) is 35.7 Å². The Kier molecular flexibility index (Phi) is 4.70. The van der Waals surface area contributed by atoms with Gasteiger partial charge < -0.3 is 4.74 Å². The van der Waals surface area contributed by atoms with Crippen molar-refractivity contribution in [3.63, 3.8) is 0 Å². The van der Waals surface area contributed by atoms with Gasteiger partial charge in [0.25, 0.3) is 0 Å². The van der Waals surface area contributed by atoms with E-state index < -0.39 is 0 Å². The fourth-order valence-electron chi connectivity index (χ4n) is 1.67. The molecule has 0 bridgehead atoms. The van der Waals surface area contributed by atoms with E-state index in [0.717, 1.165) is 17.7 Å². The van der Waals surface area contributed by atoms with Crippen LogP contribution in [0.1, 0.15) is 16.5 Å². The second-order valence-electron chi connectivity index (χ2n) is 3.67. The van der Waals surface area contributed by atoms with E-state index in [2.05, 4.69) is 40.1 Å². The number of rotatable bonds is 4. The smallest absolute Gasteiger partial charge is 0.122 e. The van der Waals surface area contributed by atoms with Crippen molar-refractivity contribution in [1.82, 2.24) is 0 Å². The molecule has 0 aliphatic rings. The molecule has 0 radical (unpaired) electrons. The number of methoxy groups -OCH3 is 1. The minimum atomic E-state index is 0.00562. The summed E-state index contributed by atoms with van der Waals surface area (Å²) in [5.74, 6) is 0.906. The molecule has 1 heterocycles. The number of para-hydroxylation sites is 1. The highest BCUT2D eigenvalue weighted by molar-refractivity contribution is 14.1. The third-order valence-corrected chi connectivity index (χ3v) is 4.75. The monoisotopic (exact) mass is 378 g/mol. The van der Waals surface area contributed by atoms with E-state index >= 15 is 0 Å². The zero-order valence-electron chi connectivity index (χ0n) is 9.32. The van der Waals surface area contributed by atoms with Crippen LogP contribution in [-0.2, 0) is 6.42 Å². The molecule has 1 unspecified atom stereocenters. The molecule has 2 rings (SSSR count). The molecule has 0 fully saturated rings. The summed E-state index contributed by atoms with van der Waals surface area (Å²) in [6.07, 6.45) is 0.790. The molecule has 0 spiro atoms. The van der Waals surface area contributed by atoms with E-state index in [1.54, 1.807) is 18.4 Å². The normalized spacial score (nSPS) is 12.4. The van der Waals surface area contributed by atoms with Gasteiger partial charge in [0.2, 0.25) is 0 Å². The third-order valence-electron chi connectivity index (χ3n) is 2.54. The van der Waals surface area contributed by atoms with Crippen LogP contribution in [0.4, 0.5) is 0 Å². The summed E-state index contributed by atoms with van der Waals surface area (Å²) in [5, 5.41) is 2.13. The standard InChI is InChI=1S/C13H12ClIOS/c1-16-12-5-3-2-4-9(12)6-11(14)10-7-13(15)17-8-10/h2-5,7-8,11H,6H2,1H3. The van der Waals surface area contributed by atoms with E-state index in [4.69, 9.17) is 16.3 Å². The average molecular weight is 379 g/mol. The van der Waals surface area contributed by atoms with Crippen molar-refractivity contribution in [3.8, 4) is 5.75 Å². The predicted octanol–water partition coefficient (Wildman–Crippen LogP) is 4.88. The van der Waals surface area contributed by atoms with Gasteiger partial charge in [0.1, 0.15) is 5.75 Å². The zero-order chi connectivity index (χ0) is 12.3. The molecule has 0 aliphatic heterocycles. The van der Waals surface area contributed by atoms with Crippen LogP contribution in [0.25, 0.3) is 0 Å². The molecule has 1 atom stereocenters. The van der Waals surface area contributed by atoms with Gasteiger partial charge in [-0.1, -0.05) is 18.2 Å². The van der Waals surface area contributed by atoms with Crippen molar-refractivity contribution < 1.29 is 4.74 Å². The summed E-state index contributed by atoms with van der Waals surface area (Å²) in [5.41, 5.74) is 2.34. The van der Waals surface area contributed by atoms with Gasteiger partial charge in [0, 0.05) is 0 Å². The molecule has 0 saturated carbocycles. The molecule has 2 aromatic rings. The number of halogens is 2. The Morgan fingerprint density at radius 3 is 2.82 bits per heavy atom. The Hall–Kier alpha value is -0.260. The number of thiophene rings is 1. The number of benzene rings is 1. The Bertz CT molecular complexity index is 498. The highest BCUT2D eigenvalue weighted by Crippen LogP contribution is 2.32. The van der Waals surface area contributed by atoms with Gasteiger partial charge in [0.05, 0.1) is 15.4 Å². The molecule has 17 heavy (non-hydrogen) atoms. The Morgan fingerprint density at radius 2 is 2.18 bits per heavy atom. The number of ether oxygens (including phenoxy) is 1. The summed E-state index contributed by atoms with van der Waals surface area (Å²) >= 11 is 10.5. The summed E-state index contributed by atoms with van der Waals surface area (Å²) in [4.78, 5) is 0. The van der Waals surface area contributed by atoms with E-state index in [0.29, 0.717) is 0 Å². The first-order valence-electron chi connectivity index (χ1n) is 5.20. The molecule has 1 aromatic heterocycles. The van der Waals surface area contributed by atoms with Crippen molar-refractivity contribution in [2.75, 3.05) is 7.11 Å². The van der Waals surface area contributed by atoms with Gasteiger partial charge in [-0.05, 0) is 57.7 Å². The second kappa shape index (κ2) is 6.07. The van der Waals surface area contributed by atoms with E-state index in [1.807, 2.05) is 18.2 Å². The minimum Gasteiger partial charge on any atom is -0.496 e. The highest BCUT2D eigenvalue weighted by Gasteiger charge is 2.13.